The first-order chi connectivity index (χ1) is 16.6. The SMILES string of the molecule is COc1ccc2nccc(C[C@@H](N)C3CCC(NCc4ccc5c(n4)NC(=O)CO5)CC3)c2n1. The molecule has 1 aliphatic heterocycles. The first-order valence-electron chi connectivity index (χ1n) is 11.8. The van der Waals surface area contributed by atoms with Gasteiger partial charge in [-0.05, 0) is 67.9 Å². The monoisotopic (exact) mass is 462 g/mol. The summed E-state index contributed by atoms with van der Waals surface area (Å²) in [7, 11) is 1.62. The molecule has 178 valence electrons. The molecule has 9 heteroatoms. The minimum Gasteiger partial charge on any atom is -0.481 e. The summed E-state index contributed by atoms with van der Waals surface area (Å²) in [5, 5.41) is 6.37. The highest BCUT2D eigenvalue weighted by Crippen LogP contribution is 2.30. The van der Waals surface area contributed by atoms with E-state index in [9.17, 15) is 4.79 Å². The number of carbonyl (C=O) groups excluding carboxylic acids is 1. The Hall–Kier alpha value is -3.30. The Labute approximate surface area is 198 Å². The van der Waals surface area contributed by atoms with Crippen molar-refractivity contribution in [3.05, 3.63) is 47.8 Å². The van der Waals surface area contributed by atoms with E-state index < -0.39 is 0 Å². The van der Waals surface area contributed by atoms with Gasteiger partial charge in [0, 0.05) is 30.9 Å². The number of nitrogens with two attached hydrogens (primary N) is 1. The molecule has 34 heavy (non-hydrogen) atoms. The molecule has 0 unspecified atom stereocenters. The van der Waals surface area contributed by atoms with Crippen molar-refractivity contribution in [3.63, 3.8) is 0 Å². The van der Waals surface area contributed by atoms with Gasteiger partial charge in [-0.3, -0.25) is 9.78 Å². The molecule has 2 aliphatic rings. The van der Waals surface area contributed by atoms with Crippen LogP contribution in [0.25, 0.3) is 11.0 Å². The van der Waals surface area contributed by atoms with Gasteiger partial charge in [-0.1, -0.05) is 0 Å². The largest absolute Gasteiger partial charge is 0.481 e. The lowest BCUT2D eigenvalue weighted by molar-refractivity contribution is -0.118. The van der Waals surface area contributed by atoms with Crippen LogP contribution in [-0.4, -0.2) is 46.7 Å². The topological polar surface area (TPSA) is 124 Å². The second kappa shape index (κ2) is 9.90. The molecule has 1 saturated carbocycles. The van der Waals surface area contributed by atoms with Crippen molar-refractivity contribution in [3.8, 4) is 11.6 Å². The number of carbonyl (C=O) groups is 1. The van der Waals surface area contributed by atoms with E-state index in [4.69, 9.17) is 15.2 Å². The van der Waals surface area contributed by atoms with Crippen LogP contribution in [0.4, 0.5) is 5.82 Å². The molecule has 1 atom stereocenters. The van der Waals surface area contributed by atoms with Crippen molar-refractivity contribution in [2.24, 2.45) is 11.7 Å². The number of fused-ring (bicyclic) bond motifs is 2. The van der Waals surface area contributed by atoms with E-state index in [1.165, 1.54) is 0 Å². The summed E-state index contributed by atoms with van der Waals surface area (Å²) in [5.74, 6) is 2.01. The van der Waals surface area contributed by atoms with Gasteiger partial charge in [0.05, 0.1) is 23.8 Å². The standard InChI is InChI=1S/C25H30N6O3/c1-33-23-9-7-20-24(31-23)16(10-11-27-20)12-19(26)15-2-4-17(5-3-15)28-13-18-6-8-21-25(29-18)30-22(32)14-34-21/h6-11,15,17,19,28H,2-5,12-14,26H2,1H3,(H,29,30,32)/t15?,17?,19-/m1/s1. The fourth-order valence-corrected chi connectivity index (χ4v) is 4.86. The summed E-state index contributed by atoms with van der Waals surface area (Å²) in [6, 6.07) is 10.1. The fraction of sp³-hybridized carbons (Fsp3) is 0.440. The molecule has 4 N–H and O–H groups in total. The Morgan fingerprint density at radius 3 is 2.85 bits per heavy atom. The van der Waals surface area contributed by atoms with Crippen LogP contribution >= 0.6 is 0 Å². The van der Waals surface area contributed by atoms with Crippen molar-refractivity contribution in [1.29, 1.82) is 0 Å². The van der Waals surface area contributed by atoms with Gasteiger partial charge in [-0.15, -0.1) is 0 Å². The average molecular weight is 463 g/mol. The highest BCUT2D eigenvalue weighted by atomic mass is 16.5. The maximum absolute atomic E-state index is 11.5. The summed E-state index contributed by atoms with van der Waals surface area (Å²) in [6.45, 7) is 0.695. The second-order valence-electron chi connectivity index (χ2n) is 9.04. The zero-order valence-electron chi connectivity index (χ0n) is 19.3. The normalized spacial score (nSPS) is 20.8. The van der Waals surface area contributed by atoms with E-state index in [1.54, 1.807) is 7.11 Å². The highest BCUT2D eigenvalue weighted by Gasteiger charge is 2.26. The maximum atomic E-state index is 11.5. The third-order valence-electron chi connectivity index (χ3n) is 6.79. The third kappa shape index (κ3) is 4.95. The lowest BCUT2D eigenvalue weighted by Gasteiger charge is -2.32. The number of nitrogens with zero attached hydrogens (tertiary/aromatic N) is 3. The third-order valence-corrected chi connectivity index (χ3v) is 6.79. The summed E-state index contributed by atoms with van der Waals surface area (Å²) in [6.07, 6.45) is 6.92. The predicted octanol–water partition coefficient (Wildman–Crippen LogP) is 2.58. The van der Waals surface area contributed by atoms with Crippen molar-refractivity contribution >= 4 is 22.8 Å². The van der Waals surface area contributed by atoms with Crippen LogP contribution in [0.15, 0.2) is 36.5 Å². The quantitative estimate of drug-likeness (QED) is 0.489. The van der Waals surface area contributed by atoms with E-state index in [0.717, 1.165) is 54.4 Å². The van der Waals surface area contributed by atoms with E-state index in [-0.39, 0.29) is 18.6 Å². The zero-order chi connectivity index (χ0) is 23.5. The number of ether oxygens (including phenoxy) is 2. The molecule has 0 bridgehead atoms. The van der Waals surface area contributed by atoms with Gasteiger partial charge in [-0.2, -0.15) is 0 Å². The van der Waals surface area contributed by atoms with Crippen LogP contribution < -0.4 is 25.8 Å². The minimum absolute atomic E-state index is 0.0414. The van der Waals surface area contributed by atoms with Gasteiger partial charge in [-0.25, -0.2) is 9.97 Å². The molecule has 1 amide bonds. The number of pyridine rings is 3. The van der Waals surface area contributed by atoms with Gasteiger partial charge in [0.1, 0.15) is 0 Å². The van der Waals surface area contributed by atoms with Crippen LogP contribution in [0.2, 0.25) is 0 Å². The van der Waals surface area contributed by atoms with Crippen LogP contribution in [0, 0.1) is 5.92 Å². The van der Waals surface area contributed by atoms with Crippen LogP contribution in [0.1, 0.15) is 36.9 Å². The molecule has 0 aromatic carbocycles. The van der Waals surface area contributed by atoms with Crippen molar-refractivity contribution in [2.75, 3.05) is 19.0 Å². The smallest absolute Gasteiger partial charge is 0.263 e. The van der Waals surface area contributed by atoms with Crippen LogP contribution in [0.3, 0.4) is 0 Å². The number of hydrogen-bond donors (Lipinski definition) is 3. The van der Waals surface area contributed by atoms with Crippen molar-refractivity contribution in [1.82, 2.24) is 20.3 Å². The molecule has 1 aliphatic carbocycles. The molecule has 0 spiro atoms. The Morgan fingerprint density at radius 1 is 1.18 bits per heavy atom. The number of rotatable bonds is 7. The first-order valence-corrected chi connectivity index (χ1v) is 11.8. The Bertz CT molecular complexity index is 1180. The zero-order valence-corrected chi connectivity index (χ0v) is 19.3. The number of amides is 1. The van der Waals surface area contributed by atoms with Crippen LogP contribution in [0.5, 0.6) is 11.6 Å². The Morgan fingerprint density at radius 2 is 2.03 bits per heavy atom. The number of hydrogen-bond acceptors (Lipinski definition) is 8. The van der Waals surface area contributed by atoms with E-state index in [0.29, 0.717) is 36.0 Å². The highest BCUT2D eigenvalue weighted by molar-refractivity contribution is 5.94. The number of aromatic nitrogens is 3. The van der Waals surface area contributed by atoms with Gasteiger partial charge in [0.25, 0.3) is 5.91 Å². The van der Waals surface area contributed by atoms with Gasteiger partial charge in [0.2, 0.25) is 5.88 Å². The fourth-order valence-electron chi connectivity index (χ4n) is 4.86. The van der Waals surface area contributed by atoms with Gasteiger partial charge >= 0.3 is 0 Å². The summed E-state index contributed by atoms with van der Waals surface area (Å²) in [5.41, 5.74) is 10.4. The molecule has 9 nitrogen and oxygen atoms in total. The second-order valence-corrected chi connectivity index (χ2v) is 9.04. The summed E-state index contributed by atoms with van der Waals surface area (Å²) < 4.78 is 10.7. The molecular formula is C25H30N6O3. The molecule has 3 aromatic heterocycles. The molecule has 5 rings (SSSR count). The van der Waals surface area contributed by atoms with Gasteiger partial charge < -0.3 is 25.8 Å². The summed E-state index contributed by atoms with van der Waals surface area (Å²) in [4.78, 5) is 25.1. The van der Waals surface area contributed by atoms with E-state index in [2.05, 4.69) is 25.6 Å². The lowest BCUT2D eigenvalue weighted by Crippen LogP contribution is -2.39. The molecule has 0 saturated heterocycles. The first kappa shape index (κ1) is 22.5. The average Bonchev–Trinajstić information content (AvgIpc) is 2.87. The lowest BCUT2D eigenvalue weighted by atomic mass is 9.80. The maximum Gasteiger partial charge on any atom is 0.263 e. The number of nitrogens with one attached hydrogen (secondary N) is 2. The van der Waals surface area contributed by atoms with E-state index >= 15 is 0 Å². The molecule has 3 aromatic rings. The van der Waals surface area contributed by atoms with Crippen LogP contribution in [-0.2, 0) is 17.8 Å². The number of methoxy groups -OCH3 is 1. The molecule has 4 heterocycles. The van der Waals surface area contributed by atoms with Gasteiger partial charge in [0.15, 0.2) is 18.2 Å². The molecular weight excluding hydrogens is 432 g/mol. The Balaban J connectivity index is 1.14. The predicted molar refractivity (Wildman–Crippen MR) is 129 cm³/mol. The minimum atomic E-state index is -0.172. The van der Waals surface area contributed by atoms with Crippen molar-refractivity contribution in [2.45, 2.75) is 50.7 Å². The van der Waals surface area contributed by atoms with Crippen molar-refractivity contribution < 1.29 is 14.3 Å². The summed E-state index contributed by atoms with van der Waals surface area (Å²) >= 11 is 0. The Kier molecular flexibility index (Phi) is 6.55. The number of anilines is 1. The molecule has 0 radical (unpaired) electrons. The molecule has 1 fully saturated rings. The van der Waals surface area contributed by atoms with E-state index in [1.807, 2.05) is 36.5 Å².